The van der Waals surface area contributed by atoms with Crippen LogP contribution in [0.4, 0.5) is 11.4 Å². The van der Waals surface area contributed by atoms with Crippen LogP contribution in [0.25, 0.3) is 0 Å². The van der Waals surface area contributed by atoms with Crippen LogP contribution in [0.2, 0.25) is 0 Å². The number of carbonyl (C=O) groups is 1. The fourth-order valence-corrected chi connectivity index (χ4v) is 1.65. The molecule has 2 unspecified atom stereocenters. The number of nitrogens with zero attached hydrogens (tertiary/aromatic N) is 1. The van der Waals surface area contributed by atoms with Crippen molar-refractivity contribution >= 4 is 17.3 Å². The summed E-state index contributed by atoms with van der Waals surface area (Å²) in [7, 11) is 0. The number of phenolic OH excluding ortho intramolecular Hbond substituents is 1. The van der Waals surface area contributed by atoms with Gasteiger partial charge in [0, 0.05) is 12.0 Å². The Balaban J connectivity index is 2.11. The Labute approximate surface area is 97.4 Å². The Morgan fingerprint density at radius 1 is 1.59 bits per heavy atom. The van der Waals surface area contributed by atoms with Crippen molar-refractivity contribution in [2.24, 2.45) is 11.8 Å². The summed E-state index contributed by atoms with van der Waals surface area (Å²) in [4.78, 5) is 21.5. The second-order valence-corrected chi connectivity index (χ2v) is 4.27. The minimum absolute atomic E-state index is 0.00964. The van der Waals surface area contributed by atoms with Crippen LogP contribution in [-0.4, -0.2) is 15.9 Å². The molecule has 1 amide bonds. The van der Waals surface area contributed by atoms with Crippen LogP contribution in [0.5, 0.6) is 5.75 Å². The predicted molar refractivity (Wildman–Crippen MR) is 60.7 cm³/mol. The van der Waals surface area contributed by atoms with Gasteiger partial charge >= 0.3 is 0 Å². The van der Waals surface area contributed by atoms with Crippen molar-refractivity contribution in [3.8, 4) is 5.75 Å². The number of hydrogen-bond acceptors (Lipinski definition) is 4. The zero-order chi connectivity index (χ0) is 12.6. The number of nitro benzene ring substituents is 1. The molecule has 0 spiro atoms. The third kappa shape index (κ3) is 2.35. The first-order valence-corrected chi connectivity index (χ1v) is 5.27. The molecule has 1 aromatic rings. The van der Waals surface area contributed by atoms with Gasteiger partial charge in [-0.3, -0.25) is 14.9 Å². The first-order valence-electron chi connectivity index (χ1n) is 5.27. The average molecular weight is 236 g/mol. The van der Waals surface area contributed by atoms with Gasteiger partial charge in [-0.15, -0.1) is 0 Å². The molecule has 2 N–H and O–H groups in total. The Hall–Kier alpha value is -2.11. The summed E-state index contributed by atoms with van der Waals surface area (Å²) < 4.78 is 0. The van der Waals surface area contributed by atoms with Crippen molar-refractivity contribution in [2.75, 3.05) is 5.32 Å². The van der Waals surface area contributed by atoms with E-state index in [0.717, 1.165) is 12.5 Å². The molecule has 90 valence electrons. The number of anilines is 1. The van der Waals surface area contributed by atoms with E-state index in [1.54, 1.807) is 0 Å². The minimum Gasteiger partial charge on any atom is -0.506 e. The van der Waals surface area contributed by atoms with E-state index in [4.69, 9.17) is 0 Å². The van der Waals surface area contributed by atoms with Crippen molar-refractivity contribution in [1.29, 1.82) is 0 Å². The number of phenols is 1. The van der Waals surface area contributed by atoms with Crippen LogP contribution in [-0.2, 0) is 4.79 Å². The van der Waals surface area contributed by atoms with E-state index in [9.17, 15) is 20.0 Å². The van der Waals surface area contributed by atoms with Crippen molar-refractivity contribution in [1.82, 2.24) is 0 Å². The lowest BCUT2D eigenvalue weighted by atomic mass is 10.2. The van der Waals surface area contributed by atoms with Crippen LogP contribution >= 0.6 is 0 Å². The molecule has 0 bridgehead atoms. The van der Waals surface area contributed by atoms with Gasteiger partial charge in [0.1, 0.15) is 5.75 Å². The Morgan fingerprint density at radius 2 is 2.24 bits per heavy atom. The normalized spacial score (nSPS) is 21.9. The fourth-order valence-electron chi connectivity index (χ4n) is 1.65. The maximum absolute atomic E-state index is 11.6. The molecule has 1 aliphatic carbocycles. The quantitative estimate of drug-likeness (QED) is 0.476. The molecule has 0 radical (unpaired) electrons. The van der Waals surface area contributed by atoms with E-state index in [-0.39, 0.29) is 28.9 Å². The first-order chi connectivity index (χ1) is 7.99. The molecule has 0 heterocycles. The molecular formula is C11H12N2O4. The minimum atomic E-state index is -0.603. The van der Waals surface area contributed by atoms with E-state index in [0.29, 0.717) is 5.92 Å². The predicted octanol–water partition coefficient (Wildman–Crippen LogP) is 1.89. The van der Waals surface area contributed by atoms with Crippen LogP contribution in [0.1, 0.15) is 13.3 Å². The Kier molecular flexibility index (Phi) is 2.71. The highest BCUT2D eigenvalue weighted by Crippen LogP contribution is 2.39. The number of carbonyl (C=O) groups excluding carboxylic acids is 1. The maximum Gasteiger partial charge on any atom is 0.273 e. The maximum atomic E-state index is 11.6. The lowest BCUT2D eigenvalue weighted by Gasteiger charge is -2.06. The lowest BCUT2D eigenvalue weighted by molar-refractivity contribution is -0.384. The van der Waals surface area contributed by atoms with Crippen molar-refractivity contribution in [3.63, 3.8) is 0 Å². The molecule has 2 rings (SSSR count). The van der Waals surface area contributed by atoms with E-state index >= 15 is 0 Å². The van der Waals surface area contributed by atoms with Crippen LogP contribution in [0.15, 0.2) is 18.2 Å². The largest absolute Gasteiger partial charge is 0.506 e. The van der Waals surface area contributed by atoms with Crippen LogP contribution in [0.3, 0.4) is 0 Å². The summed E-state index contributed by atoms with van der Waals surface area (Å²) in [6.07, 6.45) is 0.847. The molecule has 1 aliphatic rings. The highest BCUT2D eigenvalue weighted by Gasteiger charge is 2.39. The van der Waals surface area contributed by atoms with Gasteiger partial charge in [0.05, 0.1) is 16.7 Å². The number of aromatic hydroxyl groups is 1. The van der Waals surface area contributed by atoms with E-state index in [2.05, 4.69) is 5.32 Å². The molecule has 1 saturated carbocycles. The highest BCUT2D eigenvalue weighted by atomic mass is 16.6. The number of nitro groups is 1. The fraction of sp³-hybridized carbons (Fsp3) is 0.364. The van der Waals surface area contributed by atoms with E-state index in [1.807, 2.05) is 6.92 Å². The van der Waals surface area contributed by atoms with Crippen LogP contribution in [0, 0.1) is 22.0 Å². The highest BCUT2D eigenvalue weighted by molar-refractivity contribution is 5.95. The number of nitrogens with one attached hydrogen (secondary N) is 1. The van der Waals surface area contributed by atoms with E-state index in [1.165, 1.54) is 12.1 Å². The Bertz CT molecular complexity index is 486. The van der Waals surface area contributed by atoms with Gasteiger partial charge in [-0.05, 0) is 18.4 Å². The van der Waals surface area contributed by atoms with Crippen LogP contribution < -0.4 is 5.32 Å². The molecule has 0 saturated heterocycles. The summed E-state index contributed by atoms with van der Waals surface area (Å²) in [6.45, 7) is 1.97. The van der Waals surface area contributed by atoms with Crippen molar-refractivity contribution < 1.29 is 14.8 Å². The van der Waals surface area contributed by atoms with Crippen molar-refractivity contribution in [3.05, 3.63) is 28.3 Å². The molecule has 6 nitrogen and oxygen atoms in total. The summed E-state index contributed by atoms with van der Waals surface area (Å²) in [5.41, 5.74) is -0.0000102. The SMILES string of the molecule is CC1CC1C(=O)Nc1ccc([N+](=O)[O-])cc1O. The zero-order valence-electron chi connectivity index (χ0n) is 9.21. The van der Waals surface area contributed by atoms with Gasteiger partial charge in [-0.25, -0.2) is 0 Å². The smallest absolute Gasteiger partial charge is 0.273 e. The first kappa shape index (κ1) is 11.4. The lowest BCUT2D eigenvalue weighted by Crippen LogP contribution is -2.14. The summed E-state index contributed by atoms with van der Waals surface area (Å²) in [6, 6.07) is 3.59. The standard InChI is InChI=1S/C11H12N2O4/c1-6-4-8(6)11(15)12-9-3-2-7(13(16)17)5-10(9)14/h2-3,5-6,8,14H,4H2,1H3,(H,12,15). The van der Waals surface area contributed by atoms with Gasteiger partial charge in [0.25, 0.3) is 5.69 Å². The number of non-ortho nitro benzene ring substituents is 1. The number of amides is 1. The topological polar surface area (TPSA) is 92.5 Å². The summed E-state index contributed by atoms with van der Waals surface area (Å²) in [5.74, 6) is -0.0812. The molecular weight excluding hydrogens is 224 g/mol. The van der Waals surface area contributed by atoms with Gasteiger partial charge < -0.3 is 10.4 Å². The second kappa shape index (κ2) is 4.04. The summed E-state index contributed by atoms with van der Waals surface area (Å²) >= 11 is 0. The second-order valence-electron chi connectivity index (χ2n) is 4.27. The Morgan fingerprint density at radius 3 is 2.71 bits per heavy atom. The molecule has 2 atom stereocenters. The molecule has 17 heavy (non-hydrogen) atoms. The molecule has 1 fully saturated rings. The molecule has 0 aromatic heterocycles. The molecule has 6 heteroatoms. The van der Waals surface area contributed by atoms with Gasteiger partial charge in [0.2, 0.25) is 5.91 Å². The molecule has 1 aromatic carbocycles. The van der Waals surface area contributed by atoms with Crippen molar-refractivity contribution in [2.45, 2.75) is 13.3 Å². The molecule has 0 aliphatic heterocycles. The van der Waals surface area contributed by atoms with Gasteiger partial charge in [-0.1, -0.05) is 6.92 Å². The average Bonchev–Trinajstić information content (AvgIpc) is 2.98. The number of rotatable bonds is 3. The third-order valence-corrected chi connectivity index (χ3v) is 2.90. The number of benzene rings is 1. The summed E-state index contributed by atoms with van der Waals surface area (Å²) in [5, 5.41) is 22.6. The van der Waals surface area contributed by atoms with E-state index < -0.39 is 4.92 Å². The number of hydrogen-bond donors (Lipinski definition) is 2. The van der Waals surface area contributed by atoms with Gasteiger partial charge in [-0.2, -0.15) is 0 Å². The van der Waals surface area contributed by atoms with Gasteiger partial charge in [0.15, 0.2) is 0 Å². The monoisotopic (exact) mass is 236 g/mol. The third-order valence-electron chi connectivity index (χ3n) is 2.90. The zero-order valence-corrected chi connectivity index (χ0v) is 9.21.